The quantitative estimate of drug-likeness (QED) is 0.591. The van der Waals surface area contributed by atoms with E-state index in [9.17, 15) is 8.78 Å². The summed E-state index contributed by atoms with van der Waals surface area (Å²) in [7, 11) is 0. The van der Waals surface area contributed by atoms with Crippen molar-refractivity contribution >= 4 is 10.8 Å². The normalized spacial score (nSPS) is 10.9. The lowest BCUT2D eigenvalue weighted by atomic mass is 10.1. The van der Waals surface area contributed by atoms with Gasteiger partial charge in [-0.15, -0.1) is 0 Å². The van der Waals surface area contributed by atoms with E-state index in [1.165, 1.54) is 17.7 Å². The fraction of sp³-hybridized carbons (Fsp3) is 0.200. The predicted octanol–water partition coefficient (Wildman–Crippen LogP) is 5.65. The van der Waals surface area contributed by atoms with Gasteiger partial charge in [-0.25, -0.2) is 8.78 Å². The van der Waals surface area contributed by atoms with Gasteiger partial charge in [-0.1, -0.05) is 43.7 Å². The van der Waals surface area contributed by atoms with E-state index in [4.69, 9.17) is 4.74 Å². The van der Waals surface area contributed by atoms with Crippen LogP contribution in [0.1, 0.15) is 24.5 Å². The monoisotopic (exact) mass is 312 g/mol. The highest BCUT2D eigenvalue weighted by atomic mass is 19.2. The molecule has 0 N–H and O–H groups in total. The molecule has 0 spiro atoms. The summed E-state index contributed by atoms with van der Waals surface area (Å²) in [6.45, 7) is 2.60. The Balaban J connectivity index is 1.72. The molecule has 3 aromatic rings. The molecule has 0 saturated carbocycles. The third kappa shape index (κ3) is 3.67. The zero-order valence-corrected chi connectivity index (χ0v) is 13.0. The summed E-state index contributed by atoms with van der Waals surface area (Å²) >= 11 is 0. The number of fused-ring (bicyclic) bond motifs is 1. The molecule has 0 atom stereocenters. The second kappa shape index (κ2) is 6.78. The number of ether oxygens (including phenoxy) is 1. The summed E-state index contributed by atoms with van der Waals surface area (Å²) in [6.07, 6.45) is 2.21. The van der Waals surface area contributed by atoms with E-state index in [0.29, 0.717) is 23.1 Å². The Hall–Kier alpha value is -2.42. The first-order valence-corrected chi connectivity index (χ1v) is 7.75. The second-order valence-corrected chi connectivity index (χ2v) is 5.63. The summed E-state index contributed by atoms with van der Waals surface area (Å²) in [5.41, 5.74) is 2.40. The number of hydrogen-bond donors (Lipinski definition) is 0. The van der Waals surface area contributed by atoms with Gasteiger partial charge < -0.3 is 4.74 Å². The van der Waals surface area contributed by atoms with Crippen LogP contribution < -0.4 is 4.74 Å². The molecule has 23 heavy (non-hydrogen) atoms. The molecular weight excluding hydrogens is 294 g/mol. The predicted molar refractivity (Wildman–Crippen MR) is 88.6 cm³/mol. The Morgan fingerprint density at radius 1 is 0.783 bits per heavy atom. The molecule has 0 heterocycles. The molecule has 0 aliphatic heterocycles. The van der Waals surface area contributed by atoms with Crippen molar-refractivity contribution in [3.63, 3.8) is 0 Å². The number of halogens is 2. The largest absolute Gasteiger partial charge is 0.489 e. The third-order valence-electron chi connectivity index (χ3n) is 3.82. The molecular formula is C20H18F2O. The van der Waals surface area contributed by atoms with Crippen LogP contribution in [-0.4, -0.2) is 0 Å². The van der Waals surface area contributed by atoms with Gasteiger partial charge in [0.1, 0.15) is 12.4 Å². The van der Waals surface area contributed by atoms with Crippen LogP contribution >= 0.6 is 0 Å². The van der Waals surface area contributed by atoms with E-state index in [1.807, 2.05) is 0 Å². The zero-order valence-electron chi connectivity index (χ0n) is 13.0. The van der Waals surface area contributed by atoms with Crippen LogP contribution in [0.2, 0.25) is 0 Å². The molecule has 1 nitrogen and oxygen atoms in total. The van der Waals surface area contributed by atoms with E-state index in [0.717, 1.165) is 18.4 Å². The van der Waals surface area contributed by atoms with E-state index >= 15 is 0 Å². The molecule has 0 aliphatic rings. The molecule has 3 aromatic carbocycles. The van der Waals surface area contributed by atoms with E-state index < -0.39 is 11.6 Å². The Morgan fingerprint density at radius 2 is 1.43 bits per heavy atom. The number of benzene rings is 3. The lowest BCUT2D eigenvalue weighted by molar-refractivity contribution is 0.306. The van der Waals surface area contributed by atoms with E-state index in [-0.39, 0.29) is 0 Å². The third-order valence-corrected chi connectivity index (χ3v) is 3.82. The minimum absolute atomic E-state index is 0.446. The highest BCUT2D eigenvalue weighted by Gasteiger charge is 2.05. The molecule has 0 amide bonds. The van der Waals surface area contributed by atoms with Crippen LogP contribution in [0, 0.1) is 11.6 Å². The number of aryl methyl sites for hydroxylation is 1. The summed E-state index contributed by atoms with van der Waals surface area (Å²) < 4.78 is 32.3. The van der Waals surface area contributed by atoms with Crippen molar-refractivity contribution in [3.8, 4) is 5.75 Å². The van der Waals surface area contributed by atoms with Gasteiger partial charge in [0.15, 0.2) is 11.6 Å². The van der Waals surface area contributed by atoms with Crippen LogP contribution in [0.15, 0.2) is 54.6 Å². The highest BCUT2D eigenvalue weighted by Crippen LogP contribution is 2.24. The standard InChI is InChI=1S/C20H18F2O/c1-2-3-14-4-6-15(7-5-14)13-23-18-9-8-16-11-19(21)20(22)12-17(16)10-18/h4-12H,2-3,13H2,1H3. The van der Waals surface area contributed by atoms with E-state index in [1.54, 1.807) is 18.2 Å². The highest BCUT2D eigenvalue weighted by molar-refractivity contribution is 5.84. The van der Waals surface area contributed by atoms with Gasteiger partial charge in [-0.2, -0.15) is 0 Å². The van der Waals surface area contributed by atoms with Gasteiger partial charge >= 0.3 is 0 Å². The number of hydrogen-bond acceptors (Lipinski definition) is 1. The average Bonchev–Trinajstić information content (AvgIpc) is 2.56. The minimum atomic E-state index is -0.846. The van der Waals surface area contributed by atoms with Gasteiger partial charge in [0, 0.05) is 0 Å². The van der Waals surface area contributed by atoms with Gasteiger partial charge in [0.2, 0.25) is 0 Å². The molecule has 0 saturated heterocycles. The molecule has 0 aromatic heterocycles. The van der Waals surface area contributed by atoms with Gasteiger partial charge in [-0.05, 0) is 52.6 Å². The van der Waals surface area contributed by atoms with Crippen molar-refractivity contribution in [2.45, 2.75) is 26.4 Å². The van der Waals surface area contributed by atoms with E-state index in [2.05, 4.69) is 31.2 Å². The number of rotatable bonds is 5. The first kappa shape index (κ1) is 15.5. The van der Waals surface area contributed by atoms with Crippen LogP contribution in [0.25, 0.3) is 10.8 Å². The summed E-state index contributed by atoms with van der Waals surface area (Å²) in [4.78, 5) is 0. The summed E-state index contributed by atoms with van der Waals surface area (Å²) in [5, 5.41) is 1.28. The Bertz CT molecular complexity index is 810. The molecule has 0 unspecified atom stereocenters. The maximum atomic E-state index is 13.3. The Kier molecular flexibility index (Phi) is 4.56. The summed E-state index contributed by atoms with van der Waals surface area (Å²) in [6, 6.07) is 16.0. The van der Waals surface area contributed by atoms with Crippen molar-refractivity contribution in [1.29, 1.82) is 0 Å². The van der Waals surface area contributed by atoms with Crippen LogP contribution in [0.5, 0.6) is 5.75 Å². The first-order chi connectivity index (χ1) is 11.2. The maximum absolute atomic E-state index is 13.3. The fourth-order valence-electron chi connectivity index (χ4n) is 2.57. The van der Waals surface area contributed by atoms with Gasteiger partial charge in [0.05, 0.1) is 0 Å². The zero-order chi connectivity index (χ0) is 16.2. The summed E-state index contributed by atoms with van der Waals surface area (Å²) in [5.74, 6) is -1.04. The molecule has 3 rings (SSSR count). The van der Waals surface area contributed by atoms with Crippen LogP contribution in [0.3, 0.4) is 0 Å². The molecule has 0 aliphatic carbocycles. The Morgan fingerprint density at radius 3 is 2.13 bits per heavy atom. The fourth-order valence-corrected chi connectivity index (χ4v) is 2.57. The first-order valence-electron chi connectivity index (χ1n) is 7.75. The molecule has 118 valence electrons. The van der Waals surface area contributed by atoms with Crippen molar-refractivity contribution < 1.29 is 13.5 Å². The van der Waals surface area contributed by atoms with Crippen molar-refractivity contribution in [2.24, 2.45) is 0 Å². The topological polar surface area (TPSA) is 9.23 Å². The smallest absolute Gasteiger partial charge is 0.159 e. The van der Waals surface area contributed by atoms with Crippen LogP contribution in [0.4, 0.5) is 8.78 Å². The molecule has 3 heteroatoms. The lowest BCUT2D eigenvalue weighted by Gasteiger charge is -2.08. The van der Waals surface area contributed by atoms with Crippen molar-refractivity contribution in [1.82, 2.24) is 0 Å². The molecule has 0 fully saturated rings. The van der Waals surface area contributed by atoms with Crippen molar-refractivity contribution in [2.75, 3.05) is 0 Å². The Labute approximate surface area is 134 Å². The SMILES string of the molecule is CCCc1ccc(COc2ccc3cc(F)c(F)cc3c2)cc1. The minimum Gasteiger partial charge on any atom is -0.489 e. The van der Waals surface area contributed by atoms with Gasteiger partial charge in [0.25, 0.3) is 0 Å². The molecule has 0 radical (unpaired) electrons. The average molecular weight is 312 g/mol. The maximum Gasteiger partial charge on any atom is 0.159 e. The van der Waals surface area contributed by atoms with Crippen LogP contribution in [-0.2, 0) is 13.0 Å². The van der Waals surface area contributed by atoms with Gasteiger partial charge in [-0.3, -0.25) is 0 Å². The lowest BCUT2D eigenvalue weighted by Crippen LogP contribution is -1.96. The molecule has 0 bridgehead atoms. The second-order valence-electron chi connectivity index (χ2n) is 5.63. The van der Waals surface area contributed by atoms with Crippen molar-refractivity contribution in [3.05, 3.63) is 77.4 Å².